The summed E-state index contributed by atoms with van der Waals surface area (Å²) in [5, 5.41) is 7.92. The van der Waals surface area contributed by atoms with Crippen LogP contribution in [-0.2, 0) is 4.79 Å². The molecule has 0 spiro atoms. The number of hydrogen-bond donors (Lipinski definition) is 1. The Morgan fingerprint density at radius 3 is 2.50 bits per heavy atom. The highest BCUT2D eigenvalue weighted by molar-refractivity contribution is 5.93. The van der Waals surface area contributed by atoms with E-state index in [0.29, 0.717) is 5.57 Å². The minimum Gasteiger partial charge on any atom is -0.477 e. The van der Waals surface area contributed by atoms with Crippen molar-refractivity contribution in [3.05, 3.63) is 17.4 Å². The van der Waals surface area contributed by atoms with Crippen LogP contribution in [0.1, 0.15) is 0 Å². The van der Waals surface area contributed by atoms with Crippen molar-refractivity contribution in [2.75, 3.05) is 0 Å². The van der Waals surface area contributed by atoms with Crippen molar-refractivity contribution in [3.63, 3.8) is 0 Å². The second kappa shape index (κ2) is 0.730. The lowest BCUT2D eigenvalue weighted by Gasteiger charge is -1.69. The molecule has 0 radical (unpaired) electrons. The first-order valence-corrected chi connectivity index (χ1v) is 1.51. The zero-order valence-corrected chi connectivity index (χ0v) is 2.93. The van der Waals surface area contributed by atoms with Gasteiger partial charge in [0.15, 0.2) is 0 Å². The van der Waals surface area contributed by atoms with E-state index in [1.54, 1.807) is 0 Å². The van der Waals surface area contributed by atoms with Crippen molar-refractivity contribution in [1.29, 1.82) is 0 Å². The van der Waals surface area contributed by atoms with Crippen LogP contribution in [0.2, 0.25) is 0 Å². The van der Waals surface area contributed by atoms with E-state index in [0.717, 1.165) is 0 Å². The van der Waals surface area contributed by atoms with Crippen LogP contribution < -0.4 is 0 Å². The largest absolute Gasteiger partial charge is 0.477 e. The minimum absolute atomic E-state index is 0.301. The van der Waals surface area contributed by atoms with E-state index in [9.17, 15) is 4.79 Å². The monoisotopic (exact) mass is 82.0 g/mol. The van der Waals surface area contributed by atoms with Gasteiger partial charge >= 0.3 is 5.97 Å². The molecule has 2 heteroatoms. The van der Waals surface area contributed by atoms with Gasteiger partial charge in [0.05, 0.1) is 0 Å². The third-order valence-electron chi connectivity index (χ3n) is 0.519. The van der Waals surface area contributed by atoms with Gasteiger partial charge in [0.1, 0.15) is 5.57 Å². The molecule has 1 rings (SSSR count). The highest BCUT2D eigenvalue weighted by atomic mass is 16.4. The number of carboxylic acid groups (broad SMARTS) is 1. The molecular weight excluding hydrogens is 80.0 g/mol. The van der Waals surface area contributed by atoms with Crippen LogP contribution in [0.4, 0.5) is 0 Å². The van der Waals surface area contributed by atoms with Gasteiger partial charge in [-0.3, -0.25) is 0 Å². The minimum atomic E-state index is -0.880. The fourth-order valence-electron chi connectivity index (χ4n) is 0.160. The molecule has 6 heavy (non-hydrogen) atoms. The van der Waals surface area contributed by atoms with Gasteiger partial charge in [-0.15, -0.1) is 5.73 Å². The summed E-state index contributed by atoms with van der Waals surface area (Å²) in [5.74, 6) is -0.880. The van der Waals surface area contributed by atoms with E-state index in [1.807, 2.05) is 0 Å². The molecule has 2 nitrogen and oxygen atoms in total. The van der Waals surface area contributed by atoms with Gasteiger partial charge in [-0.05, 0) is 0 Å². The first-order chi connectivity index (χ1) is 2.80. The second-order valence-electron chi connectivity index (χ2n) is 1.01. The molecule has 1 N–H and O–H groups in total. The van der Waals surface area contributed by atoms with Crippen molar-refractivity contribution in [1.82, 2.24) is 0 Å². The Balaban J connectivity index is 2.57. The zero-order valence-electron chi connectivity index (χ0n) is 2.93. The number of carboxylic acids is 1. The van der Waals surface area contributed by atoms with Gasteiger partial charge < -0.3 is 5.11 Å². The standard InChI is InChI=1S/C4H2O2/c5-4(6)3-1-2-3/h1H,(H,5,6). The quantitative estimate of drug-likeness (QED) is 0.458. The molecule has 0 amide bonds. The van der Waals surface area contributed by atoms with Gasteiger partial charge in [-0.1, -0.05) is 0 Å². The maximum Gasteiger partial charge on any atom is 0.344 e. The molecule has 0 saturated carbocycles. The van der Waals surface area contributed by atoms with Crippen LogP contribution in [0.3, 0.4) is 0 Å². The van der Waals surface area contributed by atoms with Crippen LogP contribution >= 0.6 is 0 Å². The van der Waals surface area contributed by atoms with Crippen molar-refractivity contribution in [3.8, 4) is 0 Å². The highest BCUT2D eigenvalue weighted by Crippen LogP contribution is 2.03. The third-order valence-corrected chi connectivity index (χ3v) is 0.519. The number of hydrogen-bond acceptors (Lipinski definition) is 1. The summed E-state index contributed by atoms with van der Waals surface area (Å²) >= 11 is 0. The first-order valence-electron chi connectivity index (χ1n) is 1.51. The van der Waals surface area contributed by atoms with Gasteiger partial charge in [-0.25, -0.2) is 4.79 Å². The maximum absolute atomic E-state index is 9.63. The molecular formula is C4H2O2. The van der Waals surface area contributed by atoms with E-state index in [4.69, 9.17) is 5.11 Å². The maximum atomic E-state index is 9.63. The number of rotatable bonds is 1. The molecule has 1 aliphatic rings. The Morgan fingerprint density at radius 1 is 2.00 bits per heavy atom. The zero-order chi connectivity index (χ0) is 4.57. The Bertz CT molecular complexity index is 149. The van der Waals surface area contributed by atoms with Crippen LogP contribution in [0.5, 0.6) is 0 Å². The van der Waals surface area contributed by atoms with Crippen LogP contribution in [0.15, 0.2) is 17.4 Å². The summed E-state index contributed by atoms with van der Waals surface area (Å²) in [6, 6.07) is 0. The fraction of sp³-hybridized carbons (Fsp3) is 0. The van der Waals surface area contributed by atoms with E-state index in [1.165, 1.54) is 6.08 Å². The predicted octanol–water partition coefficient (Wildman–Crippen LogP) is 0.166. The van der Waals surface area contributed by atoms with Crippen molar-refractivity contribution in [2.45, 2.75) is 0 Å². The number of aliphatic carboxylic acids is 1. The summed E-state index contributed by atoms with van der Waals surface area (Å²) in [7, 11) is 0. The van der Waals surface area contributed by atoms with E-state index in [-0.39, 0.29) is 0 Å². The predicted molar refractivity (Wildman–Crippen MR) is 19.2 cm³/mol. The fourth-order valence-corrected chi connectivity index (χ4v) is 0.160. The number of carbonyl (C=O) groups is 1. The van der Waals surface area contributed by atoms with Gasteiger partial charge in [0.25, 0.3) is 0 Å². The van der Waals surface area contributed by atoms with Crippen molar-refractivity contribution in [2.24, 2.45) is 0 Å². The lowest BCUT2D eigenvalue weighted by atomic mass is 10.5. The van der Waals surface area contributed by atoms with E-state index < -0.39 is 5.97 Å². The SMILES string of the molecule is O=C(O)C1=C=C1. The molecule has 0 aromatic rings. The molecule has 0 saturated heterocycles. The average molecular weight is 82.1 g/mol. The summed E-state index contributed by atoms with van der Waals surface area (Å²) < 4.78 is 0. The Morgan fingerprint density at radius 2 is 2.50 bits per heavy atom. The lowest BCUT2D eigenvalue weighted by Crippen LogP contribution is -1.88. The molecule has 30 valence electrons. The smallest absolute Gasteiger partial charge is 0.344 e. The molecule has 0 fully saturated rings. The molecule has 0 aliphatic heterocycles. The van der Waals surface area contributed by atoms with E-state index >= 15 is 0 Å². The average Bonchev–Trinajstić information content (AvgIpc) is 2.06. The summed E-state index contributed by atoms with van der Waals surface area (Å²) in [6.45, 7) is 0. The topological polar surface area (TPSA) is 37.3 Å². The Kier molecular flexibility index (Phi) is 0.388. The van der Waals surface area contributed by atoms with Crippen LogP contribution in [-0.4, -0.2) is 11.1 Å². The van der Waals surface area contributed by atoms with E-state index in [2.05, 4.69) is 5.73 Å². The first kappa shape index (κ1) is 3.19. The third kappa shape index (κ3) is 0.330. The highest BCUT2D eigenvalue weighted by Gasteiger charge is 2.07. The Hall–Kier alpha value is -1.01. The molecule has 0 atom stereocenters. The lowest BCUT2D eigenvalue weighted by molar-refractivity contribution is -0.132. The molecule has 0 bridgehead atoms. The summed E-state index contributed by atoms with van der Waals surface area (Å²) in [5.41, 5.74) is 2.73. The summed E-state index contributed by atoms with van der Waals surface area (Å²) in [6.07, 6.45) is 1.43. The Labute approximate surface area is 34.4 Å². The molecule has 0 aromatic carbocycles. The molecule has 0 heterocycles. The van der Waals surface area contributed by atoms with Crippen LogP contribution in [0, 0.1) is 0 Å². The van der Waals surface area contributed by atoms with Gasteiger partial charge in [0.2, 0.25) is 0 Å². The second-order valence-corrected chi connectivity index (χ2v) is 1.01. The van der Waals surface area contributed by atoms with Crippen molar-refractivity contribution < 1.29 is 9.90 Å². The van der Waals surface area contributed by atoms with Gasteiger partial charge in [0, 0.05) is 6.08 Å². The molecule has 0 unspecified atom stereocenters. The molecule has 1 aliphatic carbocycles. The summed E-state index contributed by atoms with van der Waals surface area (Å²) in [4.78, 5) is 9.63. The van der Waals surface area contributed by atoms with Gasteiger partial charge in [-0.2, -0.15) is 0 Å². The van der Waals surface area contributed by atoms with Crippen molar-refractivity contribution >= 4 is 5.97 Å². The molecule has 0 aromatic heterocycles. The van der Waals surface area contributed by atoms with Crippen LogP contribution in [0.25, 0.3) is 0 Å². The normalized spacial score (nSPS) is 13.7.